The minimum atomic E-state index is 0.0575. The number of piperazine rings is 1. The molecule has 1 amide bonds. The summed E-state index contributed by atoms with van der Waals surface area (Å²) in [7, 11) is 0. The van der Waals surface area contributed by atoms with Gasteiger partial charge in [0.25, 0.3) is 5.91 Å². The zero-order valence-corrected chi connectivity index (χ0v) is 15.0. The van der Waals surface area contributed by atoms with Crippen molar-refractivity contribution in [3.63, 3.8) is 0 Å². The fourth-order valence-corrected chi connectivity index (χ4v) is 3.11. The lowest BCUT2D eigenvalue weighted by Gasteiger charge is -2.34. The van der Waals surface area contributed by atoms with E-state index in [1.807, 2.05) is 42.2 Å². The standard InChI is InChI=1S/C19H26N4O2/c1-16-14-17(2)23(20-16)13-10-21-8-11-22(12-9-21)19(24)15-25-18-6-4-3-5-7-18/h3-7,14H,8-13,15H2,1-2H3. The van der Waals surface area contributed by atoms with Crippen molar-refractivity contribution in [3.8, 4) is 5.75 Å². The Morgan fingerprint density at radius 3 is 2.44 bits per heavy atom. The molecule has 2 aromatic rings. The van der Waals surface area contributed by atoms with Gasteiger partial charge in [0.2, 0.25) is 0 Å². The van der Waals surface area contributed by atoms with Crippen LogP contribution in [0.2, 0.25) is 0 Å². The van der Waals surface area contributed by atoms with Gasteiger partial charge >= 0.3 is 0 Å². The highest BCUT2D eigenvalue weighted by molar-refractivity contribution is 5.77. The molecule has 0 atom stereocenters. The molecule has 1 aliphatic heterocycles. The number of carbonyl (C=O) groups excluding carboxylic acids is 1. The number of rotatable bonds is 6. The molecule has 0 spiro atoms. The molecule has 2 heterocycles. The fourth-order valence-electron chi connectivity index (χ4n) is 3.11. The molecule has 0 unspecified atom stereocenters. The van der Waals surface area contributed by atoms with Crippen molar-refractivity contribution in [2.45, 2.75) is 20.4 Å². The van der Waals surface area contributed by atoms with Gasteiger partial charge in [-0.25, -0.2) is 0 Å². The van der Waals surface area contributed by atoms with Crippen LogP contribution in [0.3, 0.4) is 0 Å². The molecule has 6 heteroatoms. The highest BCUT2D eigenvalue weighted by Gasteiger charge is 2.21. The molecular formula is C19H26N4O2. The molecule has 25 heavy (non-hydrogen) atoms. The van der Waals surface area contributed by atoms with E-state index in [0.717, 1.165) is 50.7 Å². The average Bonchev–Trinajstić information content (AvgIpc) is 2.96. The summed E-state index contributed by atoms with van der Waals surface area (Å²) in [5, 5.41) is 4.50. The number of ether oxygens (including phenoxy) is 1. The fraction of sp³-hybridized carbons (Fsp3) is 0.474. The Kier molecular flexibility index (Phi) is 5.71. The van der Waals surface area contributed by atoms with Crippen molar-refractivity contribution >= 4 is 5.91 Å². The molecule has 6 nitrogen and oxygen atoms in total. The first kappa shape index (κ1) is 17.5. The largest absolute Gasteiger partial charge is 0.484 e. The number of hydrogen-bond acceptors (Lipinski definition) is 4. The number of para-hydroxylation sites is 1. The van der Waals surface area contributed by atoms with Crippen molar-refractivity contribution in [2.75, 3.05) is 39.3 Å². The monoisotopic (exact) mass is 342 g/mol. The van der Waals surface area contributed by atoms with Crippen molar-refractivity contribution in [1.82, 2.24) is 19.6 Å². The van der Waals surface area contributed by atoms with E-state index in [0.29, 0.717) is 0 Å². The van der Waals surface area contributed by atoms with Crippen molar-refractivity contribution in [3.05, 3.63) is 47.8 Å². The molecular weight excluding hydrogens is 316 g/mol. The summed E-state index contributed by atoms with van der Waals surface area (Å²) < 4.78 is 7.61. The number of amides is 1. The molecule has 0 saturated carbocycles. The summed E-state index contributed by atoms with van der Waals surface area (Å²) in [6.45, 7) is 9.38. The molecule has 1 aromatic heterocycles. The Morgan fingerprint density at radius 1 is 1.08 bits per heavy atom. The Morgan fingerprint density at radius 2 is 1.80 bits per heavy atom. The van der Waals surface area contributed by atoms with Crippen molar-refractivity contribution in [1.29, 1.82) is 0 Å². The number of hydrogen-bond donors (Lipinski definition) is 0. The summed E-state index contributed by atoms with van der Waals surface area (Å²) in [5.41, 5.74) is 2.26. The maximum Gasteiger partial charge on any atom is 0.260 e. The van der Waals surface area contributed by atoms with Crippen LogP contribution in [0.25, 0.3) is 0 Å². The molecule has 1 aliphatic rings. The summed E-state index contributed by atoms with van der Waals surface area (Å²) in [4.78, 5) is 16.6. The lowest BCUT2D eigenvalue weighted by Crippen LogP contribution is -2.50. The first-order chi connectivity index (χ1) is 12.1. The zero-order valence-electron chi connectivity index (χ0n) is 15.0. The van der Waals surface area contributed by atoms with Gasteiger partial charge in [-0.3, -0.25) is 14.4 Å². The molecule has 1 saturated heterocycles. The third kappa shape index (κ3) is 4.82. The third-order valence-corrected chi connectivity index (χ3v) is 4.56. The van der Waals surface area contributed by atoms with E-state index in [2.05, 4.69) is 27.7 Å². The smallest absolute Gasteiger partial charge is 0.260 e. The van der Waals surface area contributed by atoms with Gasteiger partial charge < -0.3 is 9.64 Å². The number of carbonyl (C=O) groups is 1. The van der Waals surface area contributed by atoms with Gasteiger partial charge in [-0.15, -0.1) is 0 Å². The molecule has 0 radical (unpaired) electrons. The predicted octanol–water partition coefficient (Wildman–Crippen LogP) is 1.72. The van der Waals surface area contributed by atoms with Crippen LogP contribution < -0.4 is 4.74 Å². The lowest BCUT2D eigenvalue weighted by molar-refractivity contribution is -0.135. The van der Waals surface area contributed by atoms with Gasteiger partial charge in [-0.1, -0.05) is 18.2 Å². The van der Waals surface area contributed by atoms with E-state index in [4.69, 9.17) is 4.74 Å². The first-order valence-electron chi connectivity index (χ1n) is 8.81. The first-order valence-corrected chi connectivity index (χ1v) is 8.81. The van der Waals surface area contributed by atoms with Gasteiger partial charge in [0.15, 0.2) is 6.61 Å². The van der Waals surface area contributed by atoms with E-state index >= 15 is 0 Å². The van der Waals surface area contributed by atoms with Crippen LogP contribution in [0.15, 0.2) is 36.4 Å². The molecule has 1 fully saturated rings. The molecule has 3 rings (SSSR count). The highest BCUT2D eigenvalue weighted by atomic mass is 16.5. The number of benzene rings is 1. The quantitative estimate of drug-likeness (QED) is 0.802. The second-order valence-electron chi connectivity index (χ2n) is 6.47. The SMILES string of the molecule is Cc1cc(C)n(CCN2CCN(C(=O)COc3ccccc3)CC2)n1. The minimum absolute atomic E-state index is 0.0575. The van der Waals surface area contributed by atoms with Gasteiger partial charge in [0.05, 0.1) is 12.2 Å². The maximum absolute atomic E-state index is 12.3. The third-order valence-electron chi connectivity index (χ3n) is 4.56. The maximum atomic E-state index is 12.3. The second kappa shape index (κ2) is 8.16. The average molecular weight is 342 g/mol. The topological polar surface area (TPSA) is 50.6 Å². The van der Waals surface area contributed by atoms with E-state index in [1.165, 1.54) is 5.69 Å². The summed E-state index contributed by atoms with van der Waals surface area (Å²) in [5.74, 6) is 0.793. The van der Waals surface area contributed by atoms with Crippen LogP contribution in [0, 0.1) is 13.8 Å². The molecule has 1 aromatic carbocycles. The highest BCUT2D eigenvalue weighted by Crippen LogP contribution is 2.09. The van der Waals surface area contributed by atoms with E-state index in [-0.39, 0.29) is 12.5 Å². The zero-order chi connectivity index (χ0) is 17.6. The summed E-state index contributed by atoms with van der Waals surface area (Å²) >= 11 is 0. The Balaban J connectivity index is 1.39. The second-order valence-corrected chi connectivity index (χ2v) is 6.47. The van der Waals surface area contributed by atoms with Gasteiger partial charge in [-0.05, 0) is 32.0 Å². The van der Waals surface area contributed by atoms with Gasteiger partial charge in [-0.2, -0.15) is 5.10 Å². The number of aromatic nitrogens is 2. The summed E-state index contributed by atoms with van der Waals surface area (Å²) in [6, 6.07) is 11.6. The molecule has 0 bridgehead atoms. The molecule has 134 valence electrons. The Bertz CT molecular complexity index is 691. The van der Waals surface area contributed by atoms with Crippen LogP contribution >= 0.6 is 0 Å². The van der Waals surface area contributed by atoms with Gasteiger partial charge in [0, 0.05) is 38.4 Å². The molecule has 0 aliphatic carbocycles. The van der Waals surface area contributed by atoms with Crippen LogP contribution in [-0.2, 0) is 11.3 Å². The van der Waals surface area contributed by atoms with Crippen molar-refractivity contribution < 1.29 is 9.53 Å². The lowest BCUT2D eigenvalue weighted by atomic mass is 10.3. The predicted molar refractivity (Wildman–Crippen MR) is 96.7 cm³/mol. The van der Waals surface area contributed by atoms with E-state index in [9.17, 15) is 4.79 Å². The molecule has 0 N–H and O–H groups in total. The minimum Gasteiger partial charge on any atom is -0.484 e. The Labute approximate surface area is 149 Å². The van der Waals surface area contributed by atoms with E-state index in [1.54, 1.807) is 0 Å². The van der Waals surface area contributed by atoms with Crippen LogP contribution in [0.5, 0.6) is 5.75 Å². The number of nitrogens with zero attached hydrogens (tertiary/aromatic N) is 4. The number of aryl methyl sites for hydroxylation is 2. The van der Waals surface area contributed by atoms with Crippen molar-refractivity contribution in [2.24, 2.45) is 0 Å². The van der Waals surface area contributed by atoms with E-state index < -0.39 is 0 Å². The Hall–Kier alpha value is -2.34. The van der Waals surface area contributed by atoms with Crippen LogP contribution in [0.4, 0.5) is 0 Å². The normalized spacial score (nSPS) is 15.4. The summed E-state index contributed by atoms with van der Waals surface area (Å²) in [6.07, 6.45) is 0. The van der Waals surface area contributed by atoms with Gasteiger partial charge in [0.1, 0.15) is 5.75 Å². The van der Waals surface area contributed by atoms with Crippen LogP contribution in [0.1, 0.15) is 11.4 Å². The van der Waals surface area contributed by atoms with Crippen LogP contribution in [-0.4, -0.2) is 64.8 Å².